The van der Waals surface area contributed by atoms with E-state index in [-0.39, 0.29) is 11.9 Å². The van der Waals surface area contributed by atoms with Gasteiger partial charge in [0.2, 0.25) is 0 Å². The minimum Gasteiger partial charge on any atom is -0.465 e. The molecule has 1 aromatic rings. The lowest BCUT2D eigenvalue weighted by molar-refractivity contribution is 0.0600. The van der Waals surface area contributed by atoms with Crippen molar-refractivity contribution in [3.63, 3.8) is 0 Å². The van der Waals surface area contributed by atoms with E-state index in [1.807, 2.05) is 6.92 Å². The summed E-state index contributed by atoms with van der Waals surface area (Å²) in [5.41, 5.74) is 0.696. The van der Waals surface area contributed by atoms with E-state index < -0.39 is 5.97 Å². The Labute approximate surface area is 114 Å². The molecule has 1 N–H and O–H groups in total. The van der Waals surface area contributed by atoms with Crippen LogP contribution in [0.25, 0.3) is 0 Å². The summed E-state index contributed by atoms with van der Waals surface area (Å²) >= 11 is 0. The molecule has 4 heteroatoms. The Morgan fingerprint density at radius 2 is 2.00 bits per heavy atom. The van der Waals surface area contributed by atoms with E-state index >= 15 is 0 Å². The molecule has 0 aliphatic carbocycles. The quantitative estimate of drug-likeness (QED) is 0.796. The number of ether oxygens (including phenoxy) is 1. The van der Waals surface area contributed by atoms with Gasteiger partial charge in [0.25, 0.3) is 0 Å². The molecule has 1 aromatic carbocycles. The van der Waals surface area contributed by atoms with Gasteiger partial charge in [-0.25, -0.2) is 9.18 Å². The third-order valence-corrected chi connectivity index (χ3v) is 2.97. The zero-order chi connectivity index (χ0) is 14.4. The molecule has 0 fully saturated rings. The molecule has 1 unspecified atom stereocenters. The van der Waals surface area contributed by atoms with E-state index in [1.54, 1.807) is 0 Å². The summed E-state index contributed by atoms with van der Waals surface area (Å²) in [7, 11) is 1.31. The first-order valence-corrected chi connectivity index (χ1v) is 6.58. The maximum Gasteiger partial charge on any atom is 0.337 e. The molecular weight excluding hydrogens is 245 g/mol. The fourth-order valence-corrected chi connectivity index (χ4v) is 1.80. The van der Waals surface area contributed by atoms with Gasteiger partial charge < -0.3 is 10.1 Å². The lowest BCUT2D eigenvalue weighted by Gasteiger charge is -2.17. The molecule has 0 spiro atoms. The van der Waals surface area contributed by atoms with Gasteiger partial charge in [-0.3, -0.25) is 0 Å². The van der Waals surface area contributed by atoms with Crippen molar-refractivity contribution in [1.82, 2.24) is 0 Å². The van der Waals surface area contributed by atoms with Crippen molar-refractivity contribution < 1.29 is 13.9 Å². The highest BCUT2D eigenvalue weighted by Crippen LogP contribution is 2.19. The Morgan fingerprint density at radius 1 is 1.32 bits per heavy atom. The molecule has 0 aromatic heterocycles. The van der Waals surface area contributed by atoms with Crippen LogP contribution in [0, 0.1) is 11.7 Å². The highest BCUT2D eigenvalue weighted by Gasteiger charge is 2.12. The first kappa shape index (κ1) is 15.5. The number of hydrogen-bond donors (Lipinski definition) is 1. The van der Waals surface area contributed by atoms with Crippen molar-refractivity contribution in [2.45, 2.75) is 39.7 Å². The molecule has 0 aliphatic rings. The second-order valence-corrected chi connectivity index (χ2v) is 5.20. The van der Waals surface area contributed by atoms with Crippen LogP contribution in [0.1, 0.15) is 44.0 Å². The number of anilines is 1. The monoisotopic (exact) mass is 267 g/mol. The normalized spacial score (nSPS) is 12.3. The van der Waals surface area contributed by atoms with Crippen LogP contribution in [-0.2, 0) is 4.74 Å². The summed E-state index contributed by atoms with van der Waals surface area (Å²) < 4.78 is 18.3. The van der Waals surface area contributed by atoms with Crippen LogP contribution >= 0.6 is 0 Å². The number of methoxy groups -OCH3 is 1. The minimum absolute atomic E-state index is 0.157. The Balaban J connectivity index is 2.73. The van der Waals surface area contributed by atoms with Crippen LogP contribution < -0.4 is 5.32 Å². The Kier molecular flexibility index (Phi) is 5.80. The zero-order valence-corrected chi connectivity index (χ0v) is 12.0. The molecule has 19 heavy (non-hydrogen) atoms. The minimum atomic E-state index is -0.460. The lowest BCUT2D eigenvalue weighted by Crippen LogP contribution is -2.17. The van der Waals surface area contributed by atoms with Gasteiger partial charge in [-0.1, -0.05) is 13.8 Å². The van der Waals surface area contributed by atoms with Crippen LogP contribution in [0.2, 0.25) is 0 Å². The maximum atomic E-state index is 13.7. The predicted octanol–water partition coefficient (Wildman–Crippen LogP) is 3.85. The van der Waals surface area contributed by atoms with Crippen molar-refractivity contribution in [3.05, 3.63) is 29.6 Å². The van der Waals surface area contributed by atoms with Crippen LogP contribution in [0.15, 0.2) is 18.2 Å². The molecule has 0 bridgehead atoms. The predicted molar refractivity (Wildman–Crippen MR) is 74.9 cm³/mol. The Morgan fingerprint density at radius 3 is 2.58 bits per heavy atom. The van der Waals surface area contributed by atoms with Gasteiger partial charge in [0.1, 0.15) is 5.82 Å². The number of benzene rings is 1. The van der Waals surface area contributed by atoms with Gasteiger partial charge >= 0.3 is 5.97 Å². The SMILES string of the molecule is COC(=O)c1ccc(F)c(NC(C)CCC(C)C)c1. The molecule has 106 valence electrons. The number of carbonyl (C=O) groups is 1. The summed E-state index contributed by atoms with van der Waals surface area (Å²) in [6.07, 6.45) is 2.03. The average Bonchev–Trinajstić information content (AvgIpc) is 2.38. The van der Waals surface area contributed by atoms with Crippen molar-refractivity contribution in [2.75, 3.05) is 12.4 Å². The van der Waals surface area contributed by atoms with Gasteiger partial charge in [0.15, 0.2) is 0 Å². The van der Waals surface area contributed by atoms with Crippen molar-refractivity contribution in [1.29, 1.82) is 0 Å². The fraction of sp³-hybridized carbons (Fsp3) is 0.533. The first-order valence-electron chi connectivity index (χ1n) is 6.58. The molecule has 1 rings (SSSR count). The van der Waals surface area contributed by atoms with Crippen LogP contribution in [-0.4, -0.2) is 19.1 Å². The molecule has 0 amide bonds. The Bertz CT molecular complexity index is 432. The van der Waals surface area contributed by atoms with E-state index in [1.165, 1.54) is 25.3 Å². The topological polar surface area (TPSA) is 38.3 Å². The fourth-order valence-electron chi connectivity index (χ4n) is 1.80. The zero-order valence-electron chi connectivity index (χ0n) is 12.0. The third-order valence-electron chi connectivity index (χ3n) is 2.97. The molecule has 3 nitrogen and oxygen atoms in total. The number of carbonyl (C=O) groups excluding carboxylic acids is 1. The van der Waals surface area contributed by atoms with Gasteiger partial charge in [0, 0.05) is 6.04 Å². The molecule has 0 heterocycles. The highest BCUT2D eigenvalue weighted by molar-refractivity contribution is 5.90. The summed E-state index contributed by atoms with van der Waals surface area (Å²) in [5, 5.41) is 3.10. The van der Waals surface area contributed by atoms with Crippen LogP contribution in [0.5, 0.6) is 0 Å². The summed E-state index contributed by atoms with van der Waals surface area (Å²) in [5.74, 6) is -0.197. The van der Waals surface area contributed by atoms with E-state index in [0.717, 1.165) is 12.8 Å². The largest absolute Gasteiger partial charge is 0.465 e. The van der Waals surface area contributed by atoms with Crippen LogP contribution in [0.4, 0.5) is 10.1 Å². The van der Waals surface area contributed by atoms with E-state index in [9.17, 15) is 9.18 Å². The number of rotatable bonds is 6. The summed E-state index contributed by atoms with van der Waals surface area (Å²) in [4.78, 5) is 11.4. The second-order valence-electron chi connectivity index (χ2n) is 5.20. The molecule has 0 saturated carbocycles. The van der Waals surface area contributed by atoms with Gasteiger partial charge in [0.05, 0.1) is 18.4 Å². The van der Waals surface area contributed by atoms with Gasteiger partial charge in [-0.2, -0.15) is 0 Å². The number of nitrogens with one attached hydrogen (secondary N) is 1. The van der Waals surface area contributed by atoms with E-state index in [4.69, 9.17) is 0 Å². The van der Waals surface area contributed by atoms with E-state index in [0.29, 0.717) is 17.2 Å². The molecule has 0 saturated heterocycles. The van der Waals surface area contributed by atoms with E-state index in [2.05, 4.69) is 23.9 Å². The lowest BCUT2D eigenvalue weighted by atomic mass is 10.0. The smallest absolute Gasteiger partial charge is 0.337 e. The Hall–Kier alpha value is -1.58. The molecule has 1 atom stereocenters. The standard InChI is InChI=1S/C15H22FNO2/c1-10(2)5-6-11(3)17-14-9-12(15(18)19-4)7-8-13(14)16/h7-11,17H,5-6H2,1-4H3. The average molecular weight is 267 g/mol. The van der Waals surface area contributed by atoms with Crippen molar-refractivity contribution in [3.8, 4) is 0 Å². The third kappa shape index (κ3) is 4.89. The molecule has 0 aliphatic heterocycles. The molecule has 0 radical (unpaired) electrons. The summed E-state index contributed by atoms with van der Waals surface area (Å²) in [6.45, 7) is 6.32. The number of esters is 1. The molecular formula is C15H22FNO2. The van der Waals surface area contributed by atoms with Gasteiger partial charge in [-0.05, 0) is 43.9 Å². The van der Waals surface area contributed by atoms with Crippen LogP contribution in [0.3, 0.4) is 0 Å². The van der Waals surface area contributed by atoms with Gasteiger partial charge in [-0.15, -0.1) is 0 Å². The van der Waals surface area contributed by atoms with Crippen molar-refractivity contribution in [2.24, 2.45) is 5.92 Å². The highest BCUT2D eigenvalue weighted by atomic mass is 19.1. The first-order chi connectivity index (χ1) is 8.93. The summed E-state index contributed by atoms with van der Waals surface area (Å²) in [6, 6.07) is 4.35. The number of hydrogen-bond acceptors (Lipinski definition) is 3. The van der Waals surface area contributed by atoms with Crippen molar-refractivity contribution >= 4 is 11.7 Å². The second kappa shape index (κ2) is 7.12. The maximum absolute atomic E-state index is 13.7. The number of halogens is 1.